The number of benzene rings is 10. The van der Waals surface area contributed by atoms with E-state index in [1.54, 1.807) is 0 Å². The van der Waals surface area contributed by atoms with Gasteiger partial charge in [0, 0.05) is 36.9 Å². The van der Waals surface area contributed by atoms with Crippen molar-refractivity contribution < 1.29 is 0 Å². The minimum absolute atomic E-state index is 0.504. The first kappa shape index (κ1) is 39.8. The zero-order valence-corrected chi connectivity index (χ0v) is 37.9. The van der Waals surface area contributed by atoms with Gasteiger partial charge in [-0.25, -0.2) is 9.97 Å². The molecule has 2 heterocycles. The van der Waals surface area contributed by atoms with Crippen molar-refractivity contribution in [2.24, 2.45) is 0 Å². The largest absolute Gasteiger partial charge is 0.228 e. The van der Waals surface area contributed by atoms with Crippen molar-refractivity contribution >= 4 is 31.5 Å². The quantitative estimate of drug-likeness (QED) is 0.152. The van der Waals surface area contributed by atoms with Gasteiger partial charge in [-0.05, 0) is 103 Å². The van der Waals surface area contributed by atoms with Crippen LogP contribution in [-0.4, -0.2) is 9.97 Å². The molecule has 13 rings (SSSR count). The molecule has 0 N–H and O–H groups in total. The Morgan fingerprint density at radius 2 is 0.809 bits per heavy atom. The lowest BCUT2D eigenvalue weighted by atomic mass is 9.67. The van der Waals surface area contributed by atoms with Gasteiger partial charge in [0.05, 0.1) is 16.8 Å². The first-order chi connectivity index (χ1) is 33.7. The number of rotatable bonds is 8. The van der Waals surface area contributed by atoms with Crippen molar-refractivity contribution in [2.75, 3.05) is 0 Å². The summed E-state index contributed by atoms with van der Waals surface area (Å²) in [5, 5.41) is 2.61. The molecule has 0 amide bonds. The summed E-state index contributed by atoms with van der Waals surface area (Å²) in [6.45, 7) is 0. The van der Waals surface area contributed by atoms with Crippen LogP contribution in [0.2, 0.25) is 0 Å². The third-order valence-corrected chi connectivity index (χ3v) is 15.0. The SMILES string of the molecule is c1ccc(-c2cc(-c3ccc4c(c3)C(c3ccccc3)(c3ccccc3)c3ccccc3-4)cc(-c3cc(-c4ccc(-c5cccc6c5sc5ccccc56)cc4)nc(-c4ccccc4)n3)c2)cc1. The fraction of sp³-hybridized carbons (Fsp3) is 0.0154. The van der Waals surface area contributed by atoms with Crippen molar-refractivity contribution in [1.82, 2.24) is 9.97 Å². The topological polar surface area (TPSA) is 25.8 Å². The zero-order valence-electron chi connectivity index (χ0n) is 37.1. The second-order valence-electron chi connectivity index (χ2n) is 17.6. The third-order valence-electron chi connectivity index (χ3n) is 13.8. The van der Waals surface area contributed by atoms with Crippen LogP contribution in [-0.2, 0) is 5.41 Å². The summed E-state index contributed by atoms with van der Waals surface area (Å²) in [7, 11) is 0. The van der Waals surface area contributed by atoms with Crippen LogP contribution in [0.5, 0.6) is 0 Å². The van der Waals surface area contributed by atoms with Crippen LogP contribution >= 0.6 is 11.3 Å². The van der Waals surface area contributed by atoms with Gasteiger partial charge >= 0.3 is 0 Å². The summed E-state index contributed by atoms with van der Waals surface area (Å²) >= 11 is 1.86. The van der Waals surface area contributed by atoms with Gasteiger partial charge in [-0.2, -0.15) is 0 Å². The molecule has 0 radical (unpaired) electrons. The molecule has 0 aliphatic heterocycles. The Hall–Kier alpha value is -8.50. The van der Waals surface area contributed by atoms with Gasteiger partial charge in [-0.1, -0.05) is 218 Å². The predicted octanol–water partition coefficient (Wildman–Crippen LogP) is 17.2. The number of hydrogen-bond acceptors (Lipinski definition) is 3. The van der Waals surface area contributed by atoms with E-state index in [4.69, 9.17) is 9.97 Å². The van der Waals surface area contributed by atoms with E-state index in [-0.39, 0.29) is 0 Å². The second-order valence-corrected chi connectivity index (χ2v) is 18.7. The summed E-state index contributed by atoms with van der Waals surface area (Å²) < 4.78 is 2.62. The summed E-state index contributed by atoms with van der Waals surface area (Å²) in [5.74, 6) is 0.690. The van der Waals surface area contributed by atoms with Crippen LogP contribution in [0.3, 0.4) is 0 Å². The smallest absolute Gasteiger partial charge is 0.160 e. The minimum atomic E-state index is -0.504. The summed E-state index contributed by atoms with van der Waals surface area (Å²) in [4.78, 5) is 10.6. The minimum Gasteiger partial charge on any atom is -0.228 e. The van der Waals surface area contributed by atoms with Crippen LogP contribution in [0.15, 0.2) is 255 Å². The van der Waals surface area contributed by atoms with E-state index < -0.39 is 5.41 Å². The van der Waals surface area contributed by atoms with Crippen LogP contribution in [0, 0.1) is 0 Å². The van der Waals surface area contributed by atoms with E-state index in [1.165, 1.54) is 64.7 Å². The van der Waals surface area contributed by atoms with E-state index in [0.717, 1.165) is 50.3 Å². The first-order valence-electron chi connectivity index (χ1n) is 23.2. The van der Waals surface area contributed by atoms with Crippen molar-refractivity contribution in [3.05, 3.63) is 277 Å². The Morgan fingerprint density at radius 3 is 1.53 bits per heavy atom. The Bertz CT molecular complexity index is 3780. The second kappa shape index (κ2) is 16.4. The maximum absolute atomic E-state index is 5.37. The monoisotopic (exact) mass is 882 g/mol. The molecule has 2 nitrogen and oxygen atoms in total. The van der Waals surface area contributed by atoms with Gasteiger partial charge in [0.2, 0.25) is 0 Å². The third kappa shape index (κ3) is 6.62. The Balaban J connectivity index is 0.980. The molecule has 10 aromatic carbocycles. The lowest BCUT2D eigenvalue weighted by molar-refractivity contribution is 0.769. The molecule has 0 atom stereocenters. The van der Waals surface area contributed by atoms with Crippen molar-refractivity contribution in [3.63, 3.8) is 0 Å². The number of nitrogens with zero attached hydrogens (tertiary/aromatic N) is 2. The Morgan fingerprint density at radius 1 is 0.294 bits per heavy atom. The molecule has 1 aliphatic rings. The molecule has 0 bridgehead atoms. The summed E-state index contributed by atoms with van der Waals surface area (Å²) in [5.41, 5.74) is 18.9. The molecule has 0 saturated carbocycles. The maximum Gasteiger partial charge on any atom is 0.160 e. The number of fused-ring (bicyclic) bond motifs is 6. The standard InChI is InChI=1S/C65H42N2S/c1-5-18-43(19-6-1)48-38-49(47-36-37-55-54-26-13-15-30-58(54)65(59(55)41-47,51-22-9-3-10-23-51)52-24-11-4-12-25-52)40-50(39-48)61-42-60(66-64(67-61)46-20-7-2-8-21-46)45-34-32-44(33-35-45)53-28-17-29-57-56-27-14-16-31-62(56)68-63(53)57/h1-42H. The highest BCUT2D eigenvalue weighted by molar-refractivity contribution is 7.26. The normalized spacial score (nSPS) is 12.5. The molecular formula is C65H42N2S. The van der Waals surface area contributed by atoms with Gasteiger partial charge in [0.15, 0.2) is 5.82 Å². The van der Waals surface area contributed by atoms with E-state index in [1.807, 2.05) is 17.4 Å². The van der Waals surface area contributed by atoms with Gasteiger partial charge in [0.25, 0.3) is 0 Å². The molecule has 0 spiro atoms. The molecular weight excluding hydrogens is 841 g/mol. The Labute approximate surface area is 400 Å². The lowest BCUT2D eigenvalue weighted by Crippen LogP contribution is -2.28. The van der Waals surface area contributed by atoms with E-state index in [2.05, 4.69) is 249 Å². The number of thiophene rings is 1. The van der Waals surface area contributed by atoms with Crippen LogP contribution in [0.4, 0.5) is 0 Å². The van der Waals surface area contributed by atoms with Crippen molar-refractivity contribution in [3.8, 4) is 78.4 Å². The fourth-order valence-electron chi connectivity index (χ4n) is 10.6. The fourth-order valence-corrected chi connectivity index (χ4v) is 11.9. The van der Waals surface area contributed by atoms with Gasteiger partial charge in [-0.3, -0.25) is 0 Å². The summed E-state index contributed by atoms with van der Waals surface area (Å²) in [6, 6.07) is 92.5. The van der Waals surface area contributed by atoms with Crippen molar-refractivity contribution in [1.29, 1.82) is 0 Å². The van der Waals surface area contributed by atoms with Crippen LogP contribution in [0.1, 0.15) is 22.3 Å². The molecule has 0 fully saturated rings. The van der Waals surface area contributed by atoms with E-state index >= 15 is 0 Å². The predicted molar refractivity (Wildman–Crippen MR) is 285 cm³/mol. The van der Waals surface area contributed by atoms with E-state index in [9.17, 15) is 0 Å². The zero-order chi connectivity index (χ0) is 45.0. The van der Waals surface area contributed by atoms with Gasteiger partial charge < -0.3 is 0 Å². The highest BCUT2D eigenvalue weighted by Crippen LogP contribution is 2.57. The maximum atomic E-state index is 5.37. The average Bonchev–Trinajstić information content (AvgIpc) is 3.95. The molecule has 1 aliphatic carbocycles. The van der Waals surface area contributed by atoms with Gasteiger partial charge in [0.1, 0.15) is 0 Å². The first-order valence-corrected chi connectivity index (χ1v) is 24.0. The number of hydrogen-bond donors (Lipinski definition) is 0. The van der Waals surface area contributed by atoms with Crippen molar-refractivity contribution in [2.45, 2.75) is 5.41 Å². The molecule has 0 saturated heterocycles. The highest BCUT2D eigenvalue weighted by Gasteiger charge is 2.46. The molecule has 2 aromatic heterocycles. The van der Waals surface area contributed by atoms with Crippen LogP contribution in [0.25, 0.3) is 98.6 Å². The lowest BCUT2D eigenvalue weighted by Gasteiger charge is -2.34. The molecule has 12 aromatic rings. The molecule has 3 heteroatoms. The molecule has 318 valence electrons. The summed E-state index contributed by atoms with van der Waals surface area (Å²) in [6.07, 6.45) is 0. The highest BCUT2D eigenvalue weighted by atomic mass is 32.1. The van der Waals surface area contributed by atoms with Gasteiger partial charge in [-0.15, -0.1) is 11.3 Å². The van der Waals surface area contributed by atoms with E-state index in [0.29, 0.717) is 5.82 Å². The number of aromatic nitrogens is 2. The molecule has 68 heavy (non-hydrogen) atoms. The average molecular weight is 883 g/mol. The molecule has 0 unspecified atom stereocenters. The Kier molecular flexibility index (Phi) is 9.62. The van der Waals surface area contributed by atoms with Crippen LogP contribution < -0.4 is 0 Å².